The van der Waals surface area contributed by atoms with E-state index in [9.17, 15) is 0 Å². The van der Waals surface area contributed by atoms with Crippen molar-refractivity contribution in [3.63, 3.8) is 0 Å². The van der Waals surface area contributed by atoms with Crippen LogP contribution in [0.2, 0.25) is 0 Å². The molecule has 3 rings (SSSR count). The van der Waals surface area contributed by atoms with Gasteiger partial charge >= 0.3 is 0 Å². The van der Waals surface area contributed by atoms with Crippen LogP contribution in [-0.2, 0) is 0 Å². The Kier molecular flexibility index (Phi) is 3.64. The molecule has 0 spiro atoms. The van der Waals surface area contributed by atoms with E-state index in [0.29, 0.717) is 22.6 Å². The first kappa shape index (κ1) is 14.5. The summed E-state index contributed by atoms with van der Waals surface area (Å²) in [6.45, 7) is 0. The number of amidine groups is 2. The lowest BCUT2D eigenvalue weighted by molar-refractivity contribution is 0.435. The summed E-state index contributed by atoms with van der Waals surface area (Å²) in [5, 5.41) is 19.0. The zero-order valence-electron chi connectivity index (χ0n) is 12.2. The van der Waals surface area contributed by atoms with Crippen LogP contribution >= 0.6 is 0 Å². The summed E-state index contributed by atoms with van der Waals surface area (Å²) in [5.74, 6) is 0.648. The van der Waals surface area contributed by atoms with Gasteiger partial charge in [-0.25, -0.2) is 0 Å². The second-order valence-electron chi connectivity index (χ2n) is 5.06. The lowest BCUT2D eigenvalue weighted by atomic mass is 10.1. The van der Waals surface area contributed by atoms with Crippen molar-refractivity contribution in [1.82, 2.24) is 5.16 Å². The van der Waals surface area contributed by atoms with Gasteiger partial charge in [-0.3, -0.25) is 10.8 Å². The van der Waals surface area contributed by atoms with Crippen LogP contribution in [0.25, 0.3) is 22.6 Å². The number of nitrogen functional groups attached to an aromatic ring is 2. The van der Waals surface area contributed by atoms with Crippen molar-refractivity contribution in [2.45, 2.75) is 0 Å². The van der Waals surface area contributed by atoms with E-state index in [2.05, 4.69) is 5.16 Å². The van der Waals surface area contributed by atoms with E-state index in [4.69, 9.17) is 26.8 Å². The van der Waals surface area contributed by atoms with Gasteiger partial charge in [-0.2, -0.15) is 0 Å². The second-order valence-corrected chi connectivity index (χ2v) is 5.06. The minimum atomic E-state index is 0.00962. The van der Waals surface area contributed by atoms with Gasteiger partial charge in [0.1, 0.15) is 17.4 Å². The molecule has 0 radical (unpaired) electrons. The van der Waals surface area contributed by atoms with Crippen molar-refractivity contribution in [2.75, 3.05) is 0 Å². The fourth-order valence-electron chi connectivity index (χ4n) is 2.21. The zero-order chi connectivity index (χ0) is 16.4. The van der Waals surface area contributed by atoms with E-state index in [1.165, 1.54) is 0 Å². The third kappa shape index (κ3) is 2.96. The highest BCUT2D eigenvalue weighted by molar-refractivity contribution is 5.96. The largest absolute Gasteiger partial charge is 0.384 e. The molecule has 23 heavy (non-hydrogen) atoms. The third-order valence-corrected chi connectivity index (χ3v) is 3.46. The van der Waals surface area contributed by atoms with Crippen LogP contribution in [-0.4, -0.2) is 16.8 Å². The van der Waals surface area contributed by atoms with Crippen molar-refractivity contribution in [2.24, 2.45) is 11.5 Å². The van der Waals surface area contributed by atoms with E-state index in [1.54, 1.807) is 24.3 Å². The maximum Gasteiger partial charge on any atom is 0.167 e. The number of nitrogens with one attached hydrogen (secondary N) is 2. The summed E-state index contributed by atoms with van der Waals surface area (Å²) in [6, 6.07) is 16.3. The molecule has 0 bridgehead atoms. The van der Waals surface area contributed by atoms with Gasteiger partial charge in [-0.05, 0) is 6.07 Å². The summed E-state index contributed by atoms with van der Waals surface area (Å²) in [4.78, 5) is 0. The van der Waals surface area contributed by atoms with Gasteiger partial charge in [0, 0.05) is 28.3 Å². The van der Waals surface area contributed by atoms with Gasteiger partial charge in [-0.1, -0.05) is 47.6 Å². The molecular formula is C17H15N5O. The van der Waals surface area contributed by atoms with E-state index < -0.39 is 0 Å². The van der Waals surface area contributed by atoms with Crippen molar-refractivity contribution in [3.05, 3.63) is 65.7 Å². The number of nitrogens with zero attached hydrogens (tertiary/aromatic N) is 1. The minimum absolute atomic E-state index is 0.00962. The molecule has 0 unspecified atom stereocenters. The first-order valence-electron chi connectivity index (χ1n) is 6.91. The summed E-state index contributed by atoms with van der Waals surface area (Å²) < 4.78 is 5.39. The Morgan fingerprint density at radius 2 is 1.52 bits per heavy atom. The summed E-state index contributed by atoms with van der Waals surface area (Å²) in [7, 11) is 0. The highest BCUT2D eigenvalue weighted by Gasteiger charge is 2.10. The van der Waals surface area contributed by atoms with Crippen molar-refractivity contribution >= 4 is 11.7 Å². The molecule has 0 amide bonds. The quantitative estimate of drug-likeness (QED) is 0.436. The number of hydrogen-bond acceptors (Lipinski definition) is 4. The molecule has 2 aromatic carbocycles. The Bertz CT molecular complexity index is 880. The fourth-order valence-corrected chi connectivity index (χ4v) is 2.21. The lowest BCUT2D eigenvalue weighted by Gasteiger charge is -2.00. The topological polar surface area (TPSA) is 126 Å². The Morgan fingerprint density at radius 1 is 0.826 bits per heavy atom. The van der Waals surface area contributed by atoms with Crippen molar-refractivity contribution in [1.29, 1.82) is 10.8 Å². The maximum absolute atomic E-state index is 7.50. The van der Waals surface area contributed by atoms with Crippen LogP contribution in [0.1, 0.15) is 11.1 Å². The summed E-state index contributed by atoms with van der Waals surface area (Å²) in [6.07, 6.45) is 0. The Balaban J connectivity index is 1.92. The van der Waals surface area contributed by atoms with Crippen molar-refractivity contribution < 1.29 is 4.52 Å². The molecule has 6 nitrogen and oxygen atoms in total. The predicted octanol–water partition coefficient (Wildman–Crippen LogP) is 2.58. The summed E-state index contributed by atoms with van der Waals surface area (Å²) in [5.41, 5.74) is 14.6. The monoisotopic (exact) mass is 305 g/mol. The Hall–Kier alpha value is -3.41. The maximum atomic E-state index is 7.50. The highest BCUT2D eigenvalue weighted by Crippen LogP contribution is 2.26. The summed E-state index contributed by atoms with van der Waals surface area (Å²) >= 11 is 0. The van der Waals surface area contributed by atoms with Crippen molar-refractivity contribution in [3.8, 4) is 22.6 Å². The first-order valence-corrected chi connectivity index (χ1v) is 6.91. The van der Waals surface area contributed by atoms with Gasteiger partial charge in [0.15, 0.2) is 5.76 Å². The molecule has 0 aliphatic heterocycles. The van der Waals surface area contributed by atoms with Gasteiger partial charge in [0.05, 0.1) is 0 Å². The standard InChI is InChI=1S/C17H15N5O/c18-16(19)11-6-4-10(5-7-11)15-9-14(22-23-15)12-2-1-3-13(8-12)17(20)21/h1-9H,(H3,18,19)(H3,20,21). The van der Waals surface area contributed by atoms with Crippen LogP contribution in [0.5, 0.6) is 0 Å². The van der Waals surface area contributed by atoms with Gasteiger partial charge in [0.2, 0.25) is 0 Å². The van der Waals surface area contributed by atoms with Crippen LogP contribution in [0.4, 0.5) is 0 Å². The average molecular weight is 305 g/mol. The zero-order valence-corrected chi connectivity index (χ0v) is 12.2. The van der Waals surface area contributed by atoms with Crippen LogP contribution < -0.4 is 11.5 Å². The van der Waals surface area contributed by atoms with E-state index in [-0.39, 0.29) is 11.7 Å². The van der Waals surface area contributed by atoms with Crippen LogP contribution in [0.3, 0.4) is 0 Å². The third-order valence-electron chi connectivity index (χ3n) is 3.46. The molecule has 0 saturated carbocycles. The molecular weight excluding hydrogens is 290 g/mol. The molecule has 1 heterocycles. The smallest absolute Gasteiger partial charge is 0.167 e. The number of hydrogen-bond donors (Lipinski definition) is 4. The predicted molar refractivity (Wildman–Crippen MR) is 89.4 cm³/mol. The number of rotatable bonds is 4. The van der Waals surface area contributed by atoms with E-state index in [0.717, 1.165) is 11.1 Å². The normalized spacial score (nSPS) is 10.4. The fraction of sp³-hybridized carbons (Fsp3) is 0. The second kappa shape index (κ2) is 5.76. The molecule has 0 aliphatic rings. The van der Waals surface area contributed by atoms with Gasteiger partial charge in [0.25, 0.3) is 0 Å². The molecule has 1 aromatic heterocycles. The minimum Gasteiger partial charge on any atom is -0.384 e. The lowest BCUT2D eigenvalue weighted by Crippen LogP contribution is -2.10. The van der Waals surface area contributed by atoms with E-state index >= 15 is 0 Å². The Morgan fingerprint density at radius 3 is 2.17 bits per heavy atom. The molecule has 6 heteroatoms. The number of nitrogens with two attached hydrogens (primary N) is 2. The molecule has 0 aliphatic carbocycles. The average Bonchev–Trinajstić information content (AvgIpc) is 3.05. The molecule has 114 valence electrons. The molecule has 6 N–H and O–H groups in total. The molecule has 3 aromatic rings. The van der Waals surface area contributed by atoms with Crippen LogP contribution in [0.15, 0.2) is 59.1 Å². The van der Waals surface area contributed by atoms with Gasteiger partial charge in [-0.15, -0.1) is 0 Å². The number of benzene rings is 2. The molecule has 0 fully saturated rings. The van der Waals surface area contributed by atoms with E-state index in [1.807, 2.05) is 30.3 Å². The molecule has 0 atom stereocenters. The van der Waals surface area contributed by atoms with Gasteiger partial charge < -0.3 is 16.0 Å². The number of aromatic nitrogens is 1. The first-order chi connectivity index (χ1) is 11.0. The SMILES string of the molecule is N=C(N)c1ccc(-c2cc(-c3cccc(C(=N)N)c3)no2)cc1. The Labute approximate surface area is 132 Å². The highest BCUT2D eigenvalue weighted by atomic mass is 16.5. The molecule has 0 saturated heterocycles. The van der Waals surface area contributed by atoms with Crippen LogP contribution in [0, 0.1) is 10.8 Å².